The zero-order valence-electron chi connectivity index (χ0n) is 13.2. The predicted octanol–water partition coefficient (Wildman–Crippen LogP) is 1.28. The van der Waals surface area contributed by atoms with E-state index in [2.05, 4.69) is 17.0 Å². The molecule has 7 heteroatoms. The number of rotatable bonds is 9. The summed E-state index contributed by atoms with van der Waals surface area (Å²) < 4.78 is 29.2. The van der Waals surface area contributed by atoms with E-state index in [-0.39, 0.29) is 0 Å². The van der Waals surface area contributed by atoms with Crippen LogP contribution in [0.15, 0.2) is 0 Å². The van der Waals surface area contributed by atoms with Crippen LogP contribution in [0.1, 0.15) is 32.6 Å². The molecule has 2 fully saturated rings. The fourth-order valence-corrected chi connectivity index (χ4v) is 4.86. The van der Waals surface area contributed by atoms with E-state index in [1.54, 1.807) is 16.1 Å². The van der Waals surface area contributed by atoms with Crippen molar-refractivity contribution in [1.29, 1.82) is 0 Å². The second-order valence-electron chi connectivity index (χ2n) is 6.46. The molecular formula is C14H29N3O2S2. The molecule has 2 rings (SSSR count). The SMILES string of the molecule is CSCC(C)CNS(=O)(=O)N1CCCC(CNC2CC2)C1. The van der Waals surface area contributed by atoms with Gasteiger partial charge in [0.05, 0.1) is 0 Å². The molecule has 0 aromatic heterocycles. The lowest BCUT2D eigenvalue weighted by atomic mass is 10.00. The van der Waals surface area contributed by atoms with Crippen molar-refractivity contribution in [2.24, 2.45) is 11.8 Å². The third-order valence-corrected chi connectivity index (χ3v) is 6.60. The average Bonchev–Trinajstić information content (AvgIpc) is 3.28. The van der Waals surface area contributed by atoms with Crippen LogP contribution in [0.5, 0.6) is 0 Å². The van der Waals surface area contributed by atoms with E-state index in [4.69, 9.17) is 0 Å². The number of hydrogen-bond donors (Lipinski definition) is 2. The van der Waals surface area contributed by atoms with Gasteiger partial charge in [-0.05, 0) is 56.1 Å². The van der Waals surface area contributed by atoms with Crippen LogP contribution in [0.3, 0.4) is 0 Å². The lowest BCUT2D eigenvalue weighted by Crippen LogP contribution is -2.48. The minimum atomic E-state index is -3.31. The molecule has 2 N–H and O–H groups in total. The molecule has 2 aliphatic rings. The topological polar surface area (TPSA) is 61.4 Å². The van der Waals surface area contributed by atoms with Crippen LogP contribution in [-0.4, -0.2) is 57.0 Å². The van der Waals surface area contributed by atoms with E-state index in [9.17, 15) is 8.42 Å². The summed E-state index contributed by atoms with van der Waals surface area (Å²) in [6, 6.07) is 0.697. The molecule has 0 radical (unpaired) electrons. The zero-order chi connectivity index (χ0) is 15.3. The highest BCUT2D eigenvalue weighted by Gasteiger charge is 2.30. The molecule has 0 bridgehead atoms. The Hall–Kier alpha value is 0.180. The third-order valence-electron chi connectivity index (χ3n) is 4.16. The standard InChI is InChI=1S/C14H29N3O2S2/c1-12(11-20-2)8-16-21(18,19)17-7-3-4-13(10-17)9-15-14-5-6-14/h12-16H,3-11H2,1-2H3. The summed E-state index contributed by atoms with van der Waals surface area (Å²) >= 11 is 1.75. The molecule has 0 aromatic rings. The van der Waals surface area contributed by atoms with Crippen molar-refractivity contribution in [3.8, 4) is 0 Å². The number of thioether (sulfide) groups is 1. The van der Waals surface area contributed by atoms with Crippen molar-refractivity contribution < 1.29 is 8.42 Å². The Morgan fingerprint density at radius 3 is 2.76 bits per heavy atom. The minimum Gasteiger partial charge on any atom is -0.314 e. The largest absolute Gasteiger partial charge is 0.314 e. The lowest BCUT2D eigenvalue weighted by Gasteiger charge is -2.32. The minimum absolute atomic E-state index is 0.367. The molecule has 2 unspecified atom stereocenters. The highest BCUT2D eigenvalue weighted by Crippen LogP contribution is 2.22. The summed E-state index contributed by atoms with van der Waals surface area (Å²) in [4.78, 5) is 0. The number of nitrogens with one attached hydrogen (secondary N) is 2. The zero-order valence-corrected chi connectivity index (χ0v) is 14.8. The first kappa shape index (κ1) is 17.5. The molecule has 124 valence electrons. The highest BCUT2D eigenvalue weighted by atomic mass is 32.2. The maximum Gasteiger partial charge on any atom is 0.279 e. The Bertz CT molecular complexity index is 412. The molecule has 5 nitrogen and oxygen atoms in total. The monoisotopic (exact) mass is 335 g/mol. The molecule has 2 atom stereocenters. The Kier molecular flexibility index (Phi) is 6.80. The van der Waals surface area contributed by atoms with Gasteiger partial charge in [0.1, 0.15) is 0 Å². The van der Waals surface area contributed by atoms with Crippen LogP contribution in [0.2, 0.25) is 0 Å². The van der Waals surface area contributed by atoms with Crippen LogP contribution < -0.4 is 10.0 Å². The van der Waals surface area contributed by atoms with Crippen molar-refractivity contribution >= 4 is 22.0 Å². The van der Waals surface area contributed by atoms with E-state index >= 15 is 0 Å². The second-order valence-corrected chi connectivity index (χ2v) is 9.13. The Morgan fingerprint density at radius 1 is 1.33 bits per heavy atom. The average molecular weight is 336 g/mol. The first-order valence-electron chi connectivity index (χ1n) is 7.98. The Balaban J connectivity index is 1.77. The van der Waals surface area contributed by atoms with Crippen LogP contribution in [-0.2, 0) is 10.2 Å². The van der Waals surface area contributed by atoms with E-state index in [1.807, 2.05) is 6.26 Å². The fourth-order valence-electron chi connectivity index (χ4n) is 2.71. The summed E-state index contributed by atoms with van der Waals surface area (Å²) in [6.07, 6.45) is 6.72. The summed E-state index contributed by atoms with van der Waals surface area (Å²) in [7, 11) is -3.31. The van der Waals surface area contributed by atoms with E-state index in [1.165, 1.54) is 12.8 Å². The summed E-state index contributed by atoms with van der Waals surface area (Å²) in [5.74, 6) is 1.81. The fraction of sp³-hybridized carbons (Fsp3) is 1.00. The molecule has 1 aliphatic carbocycles. The van der Waals surface area contributed by atoms with Gasteiger partial charge in [0.15, 0.2) is 0 Å². The molecule has 1 saturated carbocycles. The van der Waals surface area contributed by atoms with E-state index in [0.29, 0.717) is 37.5 Å². The number of nitrogens with zero attached hydrogens (tertiary/aromatic N) is 1. The van der Waals surface area contributed by atoms with Gasteiger partial charge in [-0.15, -0.1) is 0 Å². The van der Waals surface area contributed by atoms with Crippen LogP contribution >= 0.6 is 11.8 Å². The van der Waals surface area contributed by atoms with Gasteiger partial charge in [0.25, 0.3) is 10.2 Å². The smallest absolute Gasteiger partial charge is 0.279 e. The molecule has 1 aliphatic heterocycles. The van der Waals surface area contributed by atoms with Gasteiger partial charge in [-0.2, -0.15) is 24.5 Å². The van der Waals surface area contributed by atoms with Crippen molar-refractivity contribution in [2.75, 3.05) is 38.2 Å². The molecule has 0 amide bonds. The Labute approximate surface area is 133 Å². The van der Waals surface area contributed by atoms with Gasteiger partial charge in [-0.1, -0.05) is 6.92 Å². The molecule has 21 heavy (non-hydrogen) atoms. The molecule has 1 saturated heterocycles. The highest BCUT2D eigenvalue weighted by molar-refractivity contribution is 7.98. The van der Waals surface area contributed by atoms with E-state index in [0.717, 1.165) is 25.1 Å². The maximum absolute atomic E-state index is 12.4. The quantitative estimate of drug-likeness (QED) is 0.666. The molecule has 1 heterocycles. The van der Waals surface area contributed by atoms with Crippen molar-refractivity contribution in [3.63, 3.8) is 0 Å². The molecular weight excluding hydrogens is 306 g/mol. The number of piperidine rings is 1. The first-order valence-corrected chi connectivity index (χ1v) is 10.8. The number of hydrogen-bond acceptors (Lipinski definition) is 4. The van der Waals surface area contributed by atoms with Gasteiger partial charge in [0.2, 0.25) is 0 Å². The van der Waals surface area contributed by atoms with Crippen molar-refractivity contribution in [1.82, 2.24) is 14.3 Å². The summed E-state index contributed by atoms with van der Waals surface area (Å²) in [5, 5.41) is 3.52. The Morgan fingerprint density at radius 2 is 2.10 bits per heavy atom. The lowest BCUT2D eigenvalue weighted by molar-refractivity contribution is 0.257. The van der Waals surface area contributed by atoms with Crippen molar-refractivity contribution in [2.45, 2.75) is 38.6 Å². The summed E-state index contributed by atoms with van der Waals surface area (Å²) in [6.45, 7) is 4.89. The van der Waals surface area contributed by atoms with Crippen LogP contribution in [0, 0.1) is 11.8 Å². The first-order chi connectivity index (χ1) is 10.0. The van der Waals surface area contributed by atoms with Gasteiger partial charge >= 0.3 is 0 Å². The normalized spacial score (nSPS) is 25.9. The van der Waals surface area contributed by atoms with E-state index < -0.39 is 10.2 Å². The van der Waals surface area contributed by atoms with Gasteiger partial charge in [-0.25, -0.2) is 4.72 Å². The van der Waals surface area contributed by atoms with Gasteiger partial charge < -0.3 is 5.32 Å². The van der Waals surface area contributed by atoms with Gasteiger partial charge in [-0.3, -0.25) is 0 Å². The summed E-state index contributed by atoms with van der Waals surface area (Å²) in [5.41, 5.74) is 0. The maximum atomic E-state index is 12.4. The van der Waals surface area contributed by atoms with Crippen LogP contribution in [0.4, 0.5) is 0 Å². The molecule has 0 spiro atoms. The molecule has 0 aromatic carbocycles. The van der Waals surface area contributed by atoms with Crippen LogP contribution in [0.25, 0.3) is 0 Å². The van der Waals surface area contributed by atoms with Gasteiger partial charge in [0, 0.05) is 25.7 Å². The van der Waals surface area contributed by atoms with Crippen molar-refractivity contribution in [3.05, 3.63) is 0 Å². The predicted molar refractivity (Wildman–Crippen MR) is 89.8 cm³/mol. The second kappa shape index (κ2) is 8.15. The third kappa shape index (κ3) is 6.06.